The highest BCUT2D eigenvalue weighted by Gasteiger charge is 2.19. The molecule has 19 heavy (non-hydrogen) atoms. The number of anilines is 1. The Labute approximate surface area is 123 Å². The topological polar surface area (TPSA) is 62.3 Å². The molecule has 0 amide bonds. The van der Waals surface area contributed by atoms with Crippen molar-refractivity contribution in [3.8, 4) is 11.5 Å². The molecule has 1 aromatic heterocycles. The van der Waals surface area contributed by atoms with E-state index in [2.05, 4.69) is 21.0 Å². The zero-order valence-corrected chi connectivity index (χ0v) is 12.5. The first kappa shape index (κ1) is 12.6. The van der Waals surface area contributed by atoms with Crippen LogP contribution in [-0.2, 0) is 6.54 Å². The molecule has 0 spiro atoms. The number of benzene rings is 1. The van der Waals surface area contributed by atoms with E-state index in [4.69, 9.17) is 26.8 Å². The largest absolute Gasteiger partial charge is 0.454 e. The second-order valence-electron chi connectivity index (χ2n) is 4.25. The third-order valence-electron chi connectivity index (χ3n) is 2.91. The molecule has 1 aliphatic rings. The van der Waals surface area contributed by atoms with E-state index in [1.165, 1.54) is 0 Å². The molecule has 0 unspecified atom stereocenters. The first-order chi connectivity index (χ1) is 9.06. The Morgan fingerprint density at radius 3 is 2.95 bits per heavy atom. The summed E-state index contributed by atoms with van der Waals surface area (Å²) in [5.74, 6) is 1.91. The van der Waals surface area contributed by atoms with Gasteiger partial charge in [0, 0.05) is 0 Å². The maximum absolute atomic E-state index is 6.03. The standard InChI is InChI=1S/C12H11BrClN3O2/c1-6-10(14)12(15)17(16-6)4-7-2-8(13)11-9(3-7)18-5-19-11/h2-3H,4-5,15H2,1H3. The molecule has 5 nitrogen and oxygen atoms in total. The predicted octanol–water partition coefficient (Wildman–Crippen LogP) is 2.97. The van der Waals surface area contributed by atoms with Crippen molar-refractivity contribution in [3.63, 3.8) is 0 Å². The molecule has 0 saturated heterocycles. The van der Waals surface area contributed by atoms with Gasteiger partial charge in [0.25, 0.3) is 0 Å². The number of nitrogens with zero attached hydrogens (tertiary/aromatic N) is 2. The lowest BCUT2D eigenvalue weighted by Crippen LogP contribution is -2.06. The highest BCUT2D eigenvalue weighted by Crippen LogP contribution is 2.40. The van der Waals surface area contributed by atoms with Gasteiger partial charge in [-0.3, -0.25) is 0 Å². The van der Waals surface area contributed by atoms with Crippen molar-refractivity contribution >= 4 is 33.3 Å². The van der Waals surface area contributed by atoms with E-state index in [0.717, 1.165) is 27.2 Å². The van der Waals surface area contributed by atoms with Crippen molar-refractivity contribution in [1.29, 1.82) is 0 Å². The fourth-order valence-corrected chi connectivity index (χ4v) is 2.72. The Morgan fingerprint density at radius 2 is 2.26 bits per heavy atom. The third-order valence-corrected chi connectivity index (χ3v) is 3.97. The van der Waals surface area contributed by atoms with Crippen LogP contribution in [-0.4, -0.2) is 16.6 Å². The summed E-state index contributed by atoms with van der Waals surface area (Å²) in [4.78, 5) is 0. The quantitative estimate of drug-likeness (QED) is 0.910. The maximum atomic E-state index is 6.03. The number of ether oxygens (including phenoxy) is 2. The minimum absolute atomic E-state index is 0.242. The predicted molar refractivity (Wildman–Crippen MR) is 75.8 cm³/mol. The van der Waals surface area contributed by atoms with Crippen molar-refractivity contribution in [3.05, 3.63) is 32.9 Å². The lowest BCUT2D eigenvalue weighted by molar-refractivity contribution is 0.173. The van der Waals surface area contributed by atoms with Crippen LogP contribution in [0, 0.1) is 6.92 Å². The molecule has 2 N–H and O–H groups in total. The maximum Gasteiger partial charge on any atom is 0.231 e. The van der Waals surface area contributed by atoms with Gasteiger partial charge < -0.3 is 15.2 Å². The van der Waals surface area contributed by atoms with Crippen LogP contribution in [0.3, 0.4) is 0 Å². The van der Waals surface area contributed by atoms with E-state index in [9.17, 15) is 0 Å². The van der Waals surface area contributed by atoms with Gasteiger partial charge in [0.1, 0.15) is 10.8 Å². The van der Waals surface area contributed by atoms with Crippen LogP contribution in [0.4, 0.5) is 5.82 Å². The molecule has 100 valence electrons. The molecule has 0 aliphatic carbocycles. The van der Waals surface area contributed by atoms with Gasteiger partial charge in [-0.25, -0.2) is 4.68 Å². The highest BCUT2D eigenvalue weighted by molar-refractivity contribution is 9.10. The van der Waals surface area contributed by atoms with E-state index in [-0.39, 0.29) is 6.79 Å². The summed E-state index contributed by atoms with van der Waals surface area (Å²) in [6.07, 6.45) is 0. The third kappa shape index (κ3) is 2.15. The Bertz CT molecular complexity index is 657. The van der Waals surface area contributed by atoms with Crippen LogP contribution in [0.5, 0.6) is 11.5 Å². The molecule has 7 heteroatoms. The molecular formula is C12H11BrClN3O2. The van der Waals surface area contributed by atoms with Crippen molar-refractivity contribution in [1.82, 2.24) is 9.78 Å². The number of nitrogen functional groups attached to an aromatic ring is 1. The van der Waals surface area contributed by atoms with Crippen LogP contribution in [0.2, 0.25) is 5.02 Å². The highest BCUT2D eigenvalue weighted by atomic mass is 79.9. The van der Waals surface area contributed by atoms with Crippen LogP contribution < -0.4 is 15.2 Å². The lowest BCUT2D eigenvalue weighted by Gasteiger charge is -2.07. The van der Waals surface area contributed by atoms with E-state index < -0.39 is 0 Å². The number of fused-ring (bicyclic) bond motifs is 1. The molecule has 0 bridgehead atoms. The second-order valence-corrected chi connectivity index (χ2v) is 5.49. The first-order valence-electron chi connectivity index (χ1n) is 5.62. The zero-order chi connectivity index (χ0) is 13.6. The number of aryl methyl sites for hydroxylation is 1. The number of halogens is 2. The van der Waals surface area contributed by atoms with Crippen LogP contribution in [0.25, 0.3) is 0 Å². The van der Waals surface area contributed by atoms with Crippen LogP contribution >= 0.6 is 27.5 Å². The Kier molecular flexibility index (Phi) is 3.06. The van der Waals surface area contributed by atoms with E-state index in [1.54, 1.807) is 4.68 Å². The van der Waals surface area contributed by atoms with Gasteiger partial charge in [-0.05, 0) is 40.5 Å². The average Bonchev–Trinajstić information content (AvgIpc) is 2.92. The van der Waals surface area contributed by atoms with Crippen molar-refractivity contribution in [2.75, 3.05) is 12.5 Å². The lowest BCUT2D eigenvalue weighted by atomic mass is 10.2. The number of aromatic nitrogens is 2. The fourth-order valence-electron chi connectivity index (χ4n) is 1.98. The number of nitrogens with two attached hydrogens (primary N) is 1. The minimum Gasteiger partial charge on any atom is -0.454 e. The minimum atomic E-state index is 0.242. The van der Waals surface area contributed by atoms with Gasteiger partial charge in [-0.1, -0.05) is 11.6 Å². The molecule has 0 fully saturated rings. The molecule has 0 atom stereocenters. The summed E-state index contributed by atoms with van der Waals surface area (Å²) in [5.41, 5.74) is 7.63. The van der Waals surface area contributed by atoms with Crippen LogP contribution in [0.15, 0.2) is 16.6 Å². The summed E-state index contributed by atoms with van der Waals surface area (Å²) in [6.45, 7) is 2.59. The Morgan fingerprint density at radius 1 is 1.47 bits per heavy atom. The monoisotopic (exact) mass is 343 g/mol. The zero-order valence-electron chi connectivity index (χ0n) is 10.1. The summed E-state index contributed by atoms with van der Waals surface area (Å²) in [6, 6.07) is 3.87. The number of hydrogen-bond donors (Lipinski definition) is 1. The summed E-state index contributed by atoms with van der Waals surface area (Å²) < 4.78 is 13.2. The fraction of sp³-hybridized carbons (Fsp3) is 0.250. The SMILES string of the molecule is Cc1nn(Cc2cc(Br)c3c(c2)OCO3)c(N)c1Cl. The van der Waals surface area contributed by atoms with Gasteiger partial charge in [0.05, 0.1) is 16.7 Å². The number of hydrogen-bond acceptors (Lipinski definition) is 4. The van der Waals surface area contributed by atoms with Gasteiger partial charge in [-0.15, -0.1) is 0 Å². The summed E-state index contributed by atoms with van der Waals surface area (Å²) in [5, 5.41) is 4.80. The first-order valence-corrected chi connectivity index (χ1v) is 6.79. The van der Waals surface area contributed by atoms with Crippen LogP contribution in [0.1, 0.15) is 11.3 Å². The molecule has 3 rings (SSSR count). The summed E-state index contributed by atoms with van der Waals surface area (Å²) >= 11 is 9.49. The van der Waals surface area contributed by atoms with Gasteiger partial charge in [-0.2, -0.15) is 5.10 Å². The van der Waals surface area contributed by atoms with Crippen molar-refractivity contribution < 1.29 is 9.47 Å². The molecular weight excluding hydrogens is 334 g/mol. The molecule has 1 aromatic carbocycles. The molecule has 0 radical (unpaired) electrons. The smallest absolute Gasteiger partial charge is 0.231 e. The Balaban J connectivity index is 1.95. The summed E-state index contributed by atoms with van der Waals surface area (Å²) in [7, 11) is 0. The number of rotatable bonds is 2. The molecule has 2 heterocycles. The average molecular weight is 345 g/mol. The van der Waals surface area contributed by atoms with Gasteiger partial charge >= 0.3 is 0 Å². The van der Waals surface area contributed by atoms with E-state index in [0.29, 0.717) is 17.4 Å². The van der Waals surface area contributed by atoms with Gasteiger partial charge in [0.2, 0.25) is 6.79 Å². The molecule has 1 aliphatic heterocycles. The Hall–Kier alpha value is -1.40. The molecule has 2 aromatic rings. The van der Waals surface area contributed by atoms with E-state index in [1.807, 2.05) is 19.1 Å². The normalized spacial score (nSPS) is 13.0. The van der Waals surface area contributed by atoms with Gasteiger partial charge in [0.15, 0.2) is 11.5 Å². The van der Waals surface area contributed by atoms with Crippen molar-refractivity contribution in [2.45, 2.75) is 13.5 Å². The van der Waals surface area contributed by atoms with E-state index >= 15 is 0 Å². The van der Waals surface area contributed by atoms with Crippen molar-refractivity contribution in [2.24, 2.45) is 0 Å². The second kappa shape index (κ2) is 4.61. The molecule has 0 saturated carbocycles.